The topological polar surface area (TPSA) is 56.7 Å². The van der Waals surface area contributed by atoms with Gasteiger partial charge >= 0.3 is 6.18 Å². The number of alkyl halides is 3. The summed E-state index contributed by atoms with van der Waals surface area (Å²) in [5.74, 6) is 0. The standard InChI is InChI=1S/C8H5F3N4S2/c9-8(10,11)6-13-14-7(17-6)15-3-1-2-4(15)5(12)16/h1-3H,(H2,12,16). The average molecular weight is 278 g/mol. The molecule has 2 aromatic rings. The molecule has 0 saturated carbocycles. The van der Waals surface area contributed by atoms with Crippen LogP contribution in [-0.4, -0.2) is 19.8 Å². The molecule has 0 spiro atoms. The maximum absolute atomic E-state index is 12.4. The van der Waals surface area contributed by atoms with Gasteiger partial charge in [0.1, 0.15) is 4.99 Å². The van der Waals surface area contributed by atoms with Crippen LogP contribution in [0.25, 0.3) is 5.13 Å². The first kappa shape index (κ1) is 12.0. The molecule has 2 rings (SSSR count). The van der Waals surface area contributed by atoms with Gasteiger partial charge in [-0.15, -0.1) is 10.2 Å². The zero-order valence-electron chi connectivity index (χ0n) is 8.10. The molecule has 0 fully saturated rings. The summed E-state index contributed by atoms with van der Waals surface area (Å²) in [7, 11) is 0. The molecule has 0 aliphatic heterocycles. The van der Waals surface area contributed by atoms with Crippen molar-refractivity contribution < 1.29 is 13.2 Å². The Morgan fingerprint density at radius 2 is 2.12 bits per heavy atom. The number of thiocarbonyl (C=S) groups is 1. The lowest BCUT2D eigenvalue weighted by atomic mass is 10.4. The van der Waals surface area contributed by atoms with Gasteiger partial charge in [0, 0.05) is 6.20 Å². The Hall–Kier alpha value is -1.48. The SMILES string of the molecule is NC(=S)c1cccn1-c1nnc(C(F)(F)F)s1. The molecule has 0 amide bonds. The van der Waals surface area contributed by atoms with Crippen LogP contribution < -0.4 is 5.73 Å². The maximum Gasteiger partial charge on any atom is 0.445 e. The highest BCUT2D eigenvalue weighted by Crippen LogP contribution is 2.32. The van der Waals surface area contributed by atoms with E-state index in [1.54, 1.807) is 12.1 Å². The summed E-state index contributed by atoms with van der Waals surface area (Å²) < 4.78 is 38.4. The zero-order chi connectivity index (χ0) is 12.6. The van der Waals surface area contributed by atoms with Gasteiger partial charge in [-0.25, -0.2) is 0 Å². The van der Waals surface area contributed by atoms with E-state index in [9.17, 15) is 13.2 Å². The molecule has 0 aromatic carbocycles. The van der Waals surface area contributed by atoms with E-state index in [1.165, 1.54) is 10.8 Å². The van der Waals surface area contributed by atoms with Crippen molar-refractivity contribution in [1.29, 1.82) is 0 Å². The van der Waals surface area contributed by atoms with Crippen LogP contribution in [-0.2, 0) is 6.18 Å². The van der Waals surface area contributed by atoms with Crippen LogP contribution in [0.15, 0.2) is 18.3 Å². The maximum atomic E-state index is 12.4. The third-order valence-corrected chi connectivity index (χ3v) is 3.04. The van der Waals surface area contributed by atoms with Crippen molar-refractivity contribution in [2.75, 3.05) is 0 Å². The van der Waals surface area contributed by atoms with Crippen LogP contribution in [0, 0.1) is 0 Å². The Morgan fingerprint density at radius 1 is 1.41 bits per heavy atom. The molecule has 0 radical (unpaired) electrons. The lowest BCUT2D eigenvalue weighted by Gasteiger charge is -2.02. The van der Waals surface area contributed by atoms with Crippen molar-refractivity contribution in [3.05, 3.63) is 29.0 Å². The fraction of sp³-hybridized carbons (Fsp3) is 0.125. The van der Waals surface area contributed by atoms with Crippen LogP contribution in [0.4, 0.5) is 13.2 Å². The second kappa shape index (κ2) is 4.08. The minimum absolute atomic E-state index is 0.0742. The van der Waals surface area contributed by atoms with Gasteiger partial charge in [0.05, 0.1) is 5.69 Å². The molecule has 0 unspecified atom stereocenters. The summed E-state index contributed by atoms with van der Waals surface area (Å²) in [6.45, 7) is 0. The molecule has 0 bridgehead atoms. The van der Waals surface area contributed by atoms with Gasteiger partial charge in [-0.2, -0.15) is 13.2 Å². The van der Waals surface area contributed by atoms with E-state index in [1.807, 2.05) is 0 Å². The van der Waals surface area contributed by atoms with Gasteiger partial charge in [0.15, 0.2) is 0 Å². The van der Waals surface area contributed by atoms with E-state index in [0.29, 0.717) is 17.0 Å². The zero-order valence-corrected chi connectivity index (χ0v) is 9.73. The van der Waals surface area contributed by atoms with Crippen molar-refractivity contribution in [2.45, 2.75) is 6.18 Å². The Labute approximate surface area is 103 Å². The monoisotopic (exact) mass is 278 g/mol. The predicted molar refractivity (Wildman–Crippen MR) is 60.1 cm³/mol. The van der Waals surface area contributed by atoms with Gasteiger partial charge in [0.25, 0.3) is 0 Å². The van der Waals surface area contributed by atoms with Crippen molar-refractivity contribution in [1.82, 2.24) is 14.8 Å². The van der Waals surface area contributed by atoms with E-state index in [0.717, 1.165) is 0 Å². The van der Waals surface area contributed by atoms with Gasteiger partial charge in [-0.3, -0.25) is 4.57 Å². The molecule has 0 aliphatic carbocycles. The third kappa shape index (κ3) is 2.29. The second-order valence-corrected chi connectivity index (χ2v) is 4.41. The number of hydrogen-bond donors (Lipinski definition) is 1. The van der Waals surface area contributed by atoms with Crippen molar-refractivity contribution in [2.24, 2.45) is 5.73 Å². The third-order valence-electron chi connectivity index (χ3n) is 1.86. The molecule has 2 heterocycles. The van der Waals surface area contributed by atoms with Gasteiger partial charge in [0.2, 0.25) is 10.1 Å². The largest absolute Gasteiger partial charge is 0.445 e. The van der Waals surface area contributed by atoms with Crippen molar-refractivity contribution in [3.63, 3.8) is 0 Å². The highest BCUT2D eigenvalue weighted by Gasteiger charge is 2.35. The fourth-order valence-corrected chi connectivity index (χ4v) is 2.05. The smallest absolute Gasteiger partial charge is 0.388 e. The second-order valence-electron chi connectivity index (χ2n) is 3.02. The lowest BCUT2D eigenvalue weighted by molar-refractivity contribution is -0.138. The number of nitrogens with zero attached hydrogens (tertiary/aromatic N) is 3. The van der Waals surface area contributed by atoms with E-state index in [4.69, 9.17) is 18.0 Å². The number of halogens is 3. The Morgan fingerprint density at radius 3 is 2.65 bits per heavy atom. The number of aromatic nitrogens is 3. The Balaban J connectivity index is 2.44. The van der Waals surface area contributed by atoms with Crippen LogP contribution >= 0.6 is 23.6 Å². The molecular formula is C8H5F3N4S2. The highest BCUT2D eigenvalue weighted by atomic mass is 32.1. The minimum Gasteiger partial charge on any atom is -0.388 e. The van der Waals surface area contributed by atoms with Crippen LogP contribution in [0.1, 0.15) is 10.7 Å². The lowest BCUT2D eigenvalue weighted by Crippen LogP contribution is -2.14. The highest BCUT2D eigenvalue weighted by molar-refractivity contribution is 7.80. The average Bonchev–Trinajstić information content (AvgIpc) is 2.85. The number of nitrogens with two attached hydrogens (primary N) is 1. The van der Waals surface area contributed by atoms with Gasteiger partial charge in [-0.1, -0.05) is 23.6 Å². The van der Waals surface area contributed by atoms with Crippen molar-refractivity contribution in [3.8, 4) is 5.13 Å². The van der Waals surface area contributed by atoms with E-state index in [-0.39, 0.29) is 10.1 Å². The summed E-state index contributed by atoms with van der Waals surface area (Å²) in [5, 5.41) is 5.62. The van der Waals surface area contributed by atoms with E-state index in [2.05, 4.69) is 10.2 Å². The summed E-state index contributed by atoms with van der Waals surface area (Å²) >= 11 is 5.20. The molecule has 2 N–H and O–H groups in total. The summed E-state index contributed by atoms with van der Waals surface area (Å²) in [5.41, 5.74) is 5.85. The Bertz CT molecular complexity index is 557. The molecule has 9 heteroatoms. The predicted octanol–water partition coefficient (Wildman–Crippen LogP) is 1.98. The first-order valence-electron chi connectivity index (χ1n) is 4.28. The van der Waals surface area contributed by atoms with Crippen LogP contribution in [0.5, 0.6) is 0 Å². The van der Waals surface area contributed by atoms with Crippen molar-refractivity contribution >= 4 is 28.5 Å². The summed E-state index contributed by atoms with van der Waals surface area (Å²) in [6.07, 6.45) is -2.97. The molecule has 4 nitrogen and oxygen atoms in total. The number of hydrogen-bond acceptors (Lipinski definition) is 4. The summed E-state index contributed by atoms with van der Waals surface area (Å²) in [4.78, 5) is 0.0822. The molecular weight excluding hydrogens is 273 g/mol. The molecule has 0 saturated heterocycles. The normalized spacial score (nSPS) is 11.7. The molecule has 90 valence electrons. The van der Waals surface area contributed by atoms with Gasteiger partial charge < -0.3 is 5.73 Å². The molecule has 0 aliphatic rings. The fourth-order valence-electron chi connectivity index (χ4n) is 1.18. The van der Waals surface area contributed by atoms with E-state index >= 15 is 0 Å². The first-order chi connectivity index (χ1) is 7.89. The molecule has 0 atom stereocenters. The first-order valence-corrected chi connectivity index (χ1v) is 5.50. The number of rotatable bonds is 2. The quantitative estimate of drug-likeness (QED) is 0.853. The minimum atomic E-state index is -4.49. The summed E-state index contributed by atoms with van der Waals surface area (Å²) in [6, 6.07) is 3.21. The molecule has 2 aromatic heterocycles. The van der Waals surface area contributed by atoms with Crippen LogP contribution in [0.2, 0.25) is 0 Å². The van der Waals surface area contributed by atoms with Gasteiger partial charge in [-0.05, 0) is 12.1 Å². The molecule has 17 heavy (non-hydrogen) atoms. The van der Waals surface area contributed by atoms with E-state index < -0.39 is 11.2 Å². The van der Waals surface area contributed by atoms with Crippen LogP contribution in [0.3, 0.4) is 0 Å². The Kier molecular flexibility index (Phi) is 2.87.